The molecule has 3 atom stereocenters. The van der Waals surface area contributed by atoms with E-state index in [4.69, 9.17) is 39.5 Å². The molecule has 3 aromatic rings. The second kappa shape index (κ2) is 13.3. The second-order valence-electron chi connectivity index (χ2n) is 11.5. The zero-order chi connectivity index (χ0) is 34.4. The second-order valence-corrected chi connectivity index (χ2v) is 13.3. The number of alkyl halides is 5. The van der Waals surface area contributed by atoms with Gasteiger partial charge in [-0.15, -0.1) is 23.2 Å². The molecule has 3 aromatic carbocycles. The van der Waals surface area contributed by atoms with Crippen molar-refractivity contribution in [1.29, 1.82) is 0 Å². The average Bonchev–Trinajstić information content (AvgIpc) is 3.92. The molecule has 0 heterocycles. The van der Waals surface area contributed by atoms with E-state index in [1.165, 1.54) is 19.1 Å². The van der Waals surface area contributed by atoms with Gasteiger partial charge in [0.15, 0.2) is 11.6 Å². The van der Waals surface area contributed by atoms with Crippen LogP contribution in [0.1, 0.15) is 52.7 Å². The molecule has 2 N–H and O–H groups in total. The van der Waals surface area contributed by atoms with E-state index in [-0.39, 0.29) is 21.8 Å². The van der Waals surface area contributed by atoms with Crippen LogP contribution in [0, 0.1) is 29.3 Å². The van der Waals surface area contributed by atoms with Crippen LogP contribution in [0.2, 0.25) is 5.02 Å². The lowest BCUT2D eigenvalue weighted by atomic mass is 10.0. The minimum atomic E-state index is -4.99. The summed E-state index contributed by atoms with van der Waals surface area (Å²) >= 11 is 18.7. The third-order valence-corrected chi connectivity index (χ3v) is 9.26. The van der Waals surface area contributed by atoms with Crippen molar-refractivity contribution in [2.45, 2.75) is 48.7 Å². The SMILES string of the molecule is CC(OCC1CC1)C(=O)Cc1c(F)ccc(NC(=O)c2cc(NC(=O)[C@H]3[C@H](c4ccc(F)c(C(F)(F)F)c4)C3(Cl)Cl)ccc2Cl)c1F. The molecule has 0 radical (unpaired) electrons. The molecule has 0 saturated heterocycles. The van der Waals surface area contributed by atoms with Crippen LogP contribution in [-0.2, 0) is 26.9 Å². The summed E-state index contributed by atoms with van der Waals surface area (Å²) in [5, 5.41) is 4.64. The van der Waals surface area contributed by atoms with Gasteiger partial charge >= 0.3 is 6.18 Å². The van der Waals surface area contributed by atoms with E-state index in [1.807, 2.05) is 0 Å². The average molecular weight is 722 g/mol. The van der Waals surface area contributed by atoms with Gasteiger partial charge in [-0.2, -0.15) is 13.2 Å². The normalized spacial score (nSPS) is 19.2. The monoisotopic (exact) mass is 720 g/mol. The predicted molar refractivity (Wildman–Crippen MR) is 163 cm³/mol. The van der Waals surface area contributed by atoms with Gasteiger partial charge in [0, 0.05) is 23.6 Å². The summed E-state index contributed by atoms with van der Waals surface area (Å²) < 4.78 is 87.0. The molecule has 15 heteroatoms. The van der Waals surface area contributed by atoms with Gasteiger partial charge in [0.25, 0.3) is 5.91 Å². The van der Waals surface area contributed by atoms with Crippen molar-refractivity contribution in [3.8, 4) is 0 Å². The number of hydrogen-bond donors (Lipinski definition) is 2. The van der Waals surface area contributed by atoms with Crippen LogP contribution in [0.4, 0.5) is 37.7 Å². The van der Waals surface area contributed by atoms with Gasteiger partial charge in [-0.05, 0) is 73.7 Å². The smallest absolute Gasteiger partial charge is 0.370 e. The minimum Gasteiger partial charge on any atom is -0.370 e. The van der Waals surface area contributed by atoms with E-state index in [9.17, 15) is 36.3 Å². The number of carbonyl (C=O) groups excluding carboxylic acids is 3. The van der Waals surface area contributed by atoms with E-state index in [2.05, 4.69) is 10.6 Å². The molecular formula is C32H25Cl3F6N2O4. The van der Waals surface area contributed by atoms with Gasteiger partial charge in [0.2, 0.25) is 5.91 Å². The first-order chi connectivity index (χ1) is 22.0. The van der Waals surface area contributed by atoms with E-state index >= 15 is 4.39 Å². The molecule has 5 rings (SSSR count). The van der Waals surface area contributed by atoms with Gasteiger partial charge in [0.05, 0.1) is 34.4 Å². The zero-order valence-electron chi connectivity index (χ0n) is 24.3. The van der Waals surface area contributed by atoms with Crippen LogP contribution in [0.5, 0.6) is 0 Å². The number of amides is 2. The van der Waals surface area contributed by atoms with E-state index in [0.717, 1.165) is 37.1 Å². The van der Waals surface area contributed by atoms with Crippen LogP contribution in [-0.4, -0.2) is 34.6 Å². The maximum Gasteiger partial charge on any atom is 0.419 e. The van der Waals surface area contributed by atoms with E-state index < -0.39 is 86.7 Å². The lowest BCUT2D eigenvalue weighted by molar-refractivity contribution is -0.140. The lowest BCUT2D eigenvalue weighted by Crippen LogP contribution is -2.25. The molecule has 2 aliphatic rings. The molecule has 2 aliphatic carbocycles. The van der Waals surface area contributed by atoms with Crippen molar-refractivity contribution in [2.24, 2.45) is 11.8 Å². The summed E-state index contributed by atoms with van der Waals surface area (Å²) in [5.41, 5.74) is -2.89. The standard InChI is InChI=1S/C32H25Cl3F6N2O4/c1-14(47-13-15-2-3-15)25(44)12-19-22(36)8-9-24(28(19)38)43-29(45)18-11-17(5-6-21(18)33)42-30(46)27-26(31(27,34)35)16-4-7-23(37)20(10-16)32(39,40)41/h4-11,14-15,26-27H,2-3,12-13H2,1H3,(H,42,46)(H,43,45)/t14?,26-,27+/m0/s1. The highest BCUT2D eigenvalue weighted by Gasteiger charge is 2.67. The number of rotatable bonds is 11. The van der Waals surface area contributed by atoms with E-state index in [1.54, 1.807) is 0 Å². The highest BCUT2D eigenvalue weighted by atomic mass is 35.5. The maximum absolute atomic E-state index is 15.3. The molecule has 0 bridgehead atoms. The van der Waals surface area contributed by atoms with Crippen LogP contribution >= 0.6 is 34.8 Å². The summed E-state index contributed by atoms with van der Waals surface area (Å²) in [6.45, 7) is 1.88. The summed E-state index contributed by atoms with van der Waals surface area (Å²) in [6, 6.07) is 7.75. The molecule has 0 aromatic heterocycles. The molecule has 2 amide bonds. The van der Waals surface area contributed by atoms with Crippen LogP contribution in [0.3, 0.4) is 0 Å². The molecular weight excluding hydrogens is 697 g/mol. The molecule has 0 spiro atoms. The molecule has 2 saturated carbocycles. The number of Topliss-reactive ketones (excluding diaryl/α,β-unsaturated/α-hetero) is 1. The fourth-order valence-electron chi connectivity index (χ4n) is 5.04. The summed E-state index contributed by atoms with van der Waals surface area (Å²) in [6.07, 6.45) is -4.49. The highest BCUT2D eigenvalue weighted by molar-refractivity contribution is 6.53. The first-order valence-electron chi connectivity index (χ1n) is 14.3. The number of halogens is 9. The fraction of sp³-hybridized carbons (Fsp3) is 0.344. The van der Waals surface area contributed by atoms with Gasteiger partial charge in [-0.1, -0.05) is 17.7 Å². The first kappa shape index (κ1) is 35.0. The zero-order valence-corrected chi connectivity index (χ0v) is 26.6. The third-order valence-electron chi connectivity index (χ3n) is 7.99. The van der Waals surface area contributed by atoms with Crippen molar-refractivity contribution >= 4 is 63.8 Å². The number of anilines is 2. The number of carbonyl (C=O) groups is 3. The van der Waals surface area contributed by atoms with Crippen molar-refractivity contribution in [1.82, 2.24) is 0 Å². The first-order valence-corrected chi connectivity index (χ1v) is 15.4. The Bertz CT molecular complexity index is 1750. The number of nitrogens with one attached hydrogen (secondary N) is 2. The quantitative estimate of drug-likeness (QED) is 0.154. The number of hydrogen-bond acceptors (Lipinski definition) is 4. The Morgan fingerprint density at radius 1 is 0.979 bits per heavy atom. The predicted octanol–water partition coefficient (Wildman–Crippen LogP) is 8.48. The Hall–Kier alpha value is -3.32. The van der Waals surface area contributed by atoms with Gasteiger partial charge in [-0.3, -0.25) is 14.4 Å². The van der Waals surface area contributed by atoms with Crippen molar-refractivity contribution in [2.75, 3.05) is 17.2 Å². The van der Waals surface area contributed by atoms with Crippen LogP contribution in [0.25, 0.3) is 0 Å². The van der Waals surface area contributed by atoms with E-state index in [0.29, 0.717) is 24.7 Å². The van der Waals surface area contributed by atoms with Crippen molar-refractivity contribution in [3.63, 3.8) is 0 Å². The van der Waals surface area contributed by atoms with Gasteiger partial charge in [0.1, 0.15) is 22.1 Å². The molecule has 0 aliphatic heterocycles. The summed E-state index contributed by atoms with van der Waals surface area (Å²) in [4.78, 5) is 38.8. The molecule has 2 fully saturated rings. The van der Waals surface area contributed by atoms with Gasteiger partial charge in [-0.25, -0.2) is 13.2 Å². The Morgan fingerprint density at radius 2 is 1.66 bits per heavy atom. The Balaban J connectivity index is 1.28. The van der Waals surface area contributed by atoms with Crippen LogP contribution < -0.4 is 10.6 Å². The molecule has 47 heavy (non-hydrogen) atoms. The summed E-state index contributed by atoms with van der Waals surface area (Å²) in [7, 11) is 0. The Kier molecular flexibility index (Phi) is 9.90. The fourth-order valence-corrected chi connectivity index (χ4v) is 6.07. The largest absolute Gasteiger partial charge is 0.419 e. The Labute approximate surface area is 279 Å². The maximum atomic E-state index is 15.3. The van der Waals surface area contributed by atoms with Gasteiger partial charge < -0.3 is 15.4 Å². The topological polar surface area (TPSA) is 84.5 Å². The molecule has 1 unspecified atom stereocenters. The van der Waals surface area contributed by atoms with Crippen molar-refractivity contribution in [3.05, 3.63) is 93.3 Å². The third kappa shape index (κ3) is 7.72. The number of benzene rings is 3. The molecule has 6 nitrogen and oxygen atoms in total. The van der Waals surface area contributed by atoms with Crippen LogP contribution in [0.15, 0.2) is 48.5 Å². The number of ketones is 1. The highest BCUT2D eigenvalue weighted by Crippen LogP contribution is 2.65. The van der Waals surface area contributed by atoms with Crippen molar-refractivity contribution < 1.29 is 45.5 Å². The lowest BCUT2D eigenvalue weighted by Gasteiger charge is -2.15. The number of ether oxygens (including phenoxy) is 1. The molecule has 250 valence electrons. The summed E-state index contributed by atoms with van der Waals surface area (Å²) in [5.74, 6) is -7.96. The minimum absolute atomic E-state index is 0.000434. The Morgan fingerprint density at radius 3 is 2.32 bits per heavy atom.